The summed E-state index contributed by atoms with van der Waals surface area (Å²) in [7, 11) is 0. The molecule has 5 rings (SSSR count). The SMILES string of the molecule is Cc1c(C(=O)NC[C@@H]2C[C@H]3C=C[C@@H]2C3)cnn1-c1nccc(-c2ccco2)n1. The summed E-state index contributed by atoms with van der Waals surface area (Å²) in [6.45, 7) is 2.56. The van der Waals surface area contributed by atoms with Crippen molar-refractivity contribution in [2.45, 2.75) is 19.8 Å². The maximum atomic E-state index is 12.7. The number of fused-ring (bicyclic) bond motifs is 2. The Hall–Kier alpha value is -3.22. The van der Waals surface area contributed by atoms with Crippen molar-refractivity contribution in [3.05, 3.63) is 60.3 Å². The number of hydrogen-bond donors (Lipinski definition) is 1. The number of allylic oxidation sites excluding steroid dienone is 2. The minimum atomic E-state index is -0.0994. The molecule has 0 aliphatic heterocycles. The molecule has 3 heterocycles. The molecule has 0 radical (unpaired) electrons. The number of nitrogens with one attached hydrogen (secondary N) is 1. The lowest BCUT2D eigenvalue weighted by Gasteiger charge is -2.18. The summed E-state index contributed by atoms with van der Waals surface area (Å²) in [5, 5.41) is 7.42. The van der Waals surface area contributed by atoms with Gasteiger partial charge in [-0.1, -0.05) is 12.2 Å². The Balaban J connectivity index is 1.32. The second-order valence-corrected chi connectivity index (χ2v) is 7.52. The van der Waals surface area contributed by atoms with E-state index in [1.54, 1.807) is 29.4 Å². The number of hydrogen-bond acceptors (Lipinski definition) is 5. The van der Waals surface area contributed by atoms with Crippen LogP contribution in [0.15, 0.2) is 53.4 Å². The Morgan fingerprint density at radius 2 is 2.25 bits per heavy atom. The summed E-state index contributed by atoms with van der Waals surface area (Å²) in [5.41, 5.74) is 1.92. The van der Waals surface area contributed by atoms with E-state index in [0.717, 1.165) is 0 Å². The van der Waals surface area contributed by atoms with Crippen LogP contribution in [0.2, 0.25) is 0 Å². The molecule has 3 aromatic heterocycles. The third kappa shape index (κ3) is 2.93. The molecule has 1 saturated carbocycles. The van der Waals surface area contributed by atoms with E-state index < -0.39 is 0 Å². The Bertz CT molecular complexity index is 1040. The smallest absolute Gasteiger partial charge is 0.254 e. The highest BCUT2D eigenvalue weighted by atomic mass is 16.3. The van der Waals surface area contributed by atoms with E-state index in [1.165, 1.54) is 12.8 Å². The molecule has 2 aliphatic rings. The first-order valence-electron chi connectivity index (χ1n) is 9.57. The van der Waals surface area contributed by atoms with Crippen molar-refractivity contribution in [1.82, 2.24) is 25.1 Å². The van der Waals surface area contributed by atoms with Crippen molar-refractivity contribution < 1.29 is 9.21 Å². The number of furan rings is 1. The average Bonchev–Trinajstić information content (AvgIpc) is 3.50. The van der Waals surface area contributed by atoms with Gasteiger partial charge in [0.1, 0.15) is 5.69 Å². The predicted octanol–water partition coefficient (Wildman–Crippen LogP) is 3.17. The Morgan fingerprint density at radius 3 is 3.00 bits per heavy atom. The monoisotopic (exact) mass is 375 g/mol. The van der Waals surface area contributed by atoms with Gasteiger partial charge >= 0.3 is 0 Å². The van der Waals surface area contributed by atoms with Crippen LogP contribution in [0.1, 0.15) is 28.9 Å². The second-order valence-electron chi connectivity index (χ2n) is 7.52. The van der Waals surface area contributed by atoms with Crippen LogP contribution in [0, 0.1) is 24.7 Å². The molecule has 2 bridgehead atoms. The molecule has 1 N–H and O–H groups in total. The number of amides is 1. The fourth-order valence-electron chi connectivity index (χ4n) is 4.29. The number of rotatable bonds is 5. The predicted molar refractivity (Wildman–Crippen MR) is 103 cm³/mol. The third-order valence-corrected chi connectivity index (χ3v) is 5.80. The van der Waals surface area contributed by atoms with Crippen LogP contribution in [-0.4, -0.2) is 32.2 Å². The maximum Gasteiger partial charge on any atom is 0.254 e. The summed E-state index contributed by atoms with van der Waals surface area (Å²) in [4.78, 5) is 21.5. The molecule has 0 spiro atoms. The lowest BCUT2D eigenvalue weighted by molar-refractivity contribution is 0.0944. The van der Waals surface area contributed by atoms with Gasteiger partial charge in [0.15, 0.2) is 5.76 Å². The minimum absolute atomic E-state index is 0.0994. The van der Waals surface area contributed by atoms with E-state index in [-0.39, 0.29) is 5.91 Å². The molecular formula is C21H21N5O2. The molecule has 2 aliphatic carbocycles. The van der Waals surface area contributed by atoms with Crippen molar-refractivity contribution >= 4 is 5.91 Å². The van der Waals surface area contributed by atoms with Crippen LogP contribution in [-0.2, 0) is 0 Å². The van der Waals surface area contributed by atoms with Gasteiger partial charge in [0, 0.05) is 12.7 Å². The van der Waals surface area contributed by atoms with Gasteiger partial charge < -0.3 is 9.73 Å². The minimum Gasteiger partial charge on any atom is -0.463 e. The molecule has 0 unspecified atom stereocenters. The second kappa shape index (κ2) is 6.74. The Kier molecular flexibility index (Phi) is 4.07. The van der Waals surface area contributed by atoms with Crippen molar-refractivity contribution in [3.8, 4) is 17.4 Å². The van der Waals surface area contributed by atoms with Crippen molar-refractivity contribution in [1.29, 1.82) is 0 Å². The summed E-state index contributed by atoms with van der Waals surface area (Å²) in [6, 6.07) is 5.43. The van der Waals surface area contributed by atoms with E-state index in [9.17, 15) is 4.79 Å². The van der Waals surface area contributed by atoms with Gasteiger partial charge in [0.05, 0.1) is 23.7 Å². The average molecular weight is 375 g/mol. The molecule has 28 heavy (non-hydrogen) atoms. The summed E-state index contributed by atoms with van der Waals surface area (Å²) < 4.78 is 6.98. The molecular weight excluding hydrogens is 354 g/mol. The molecule has 142 valence electrons. The van der Waals surface area contributed by atoms with E-state index in [2.05, 4.69) is 32.5 Å². The zero-order chi connectivity index (χ0) is 19.1. The highest BCUT2D eigenvalue weighted by molar-refractivity contribution is 5.95. The normalized spacial score (nSPS) is 22.7. The van der Waals surface area contributed by atoms with Gasteiger partial charge in [-0.05, 0) is 55.7 Å². The van der Waals surface area contributed by atoms with Crippen LogP contribution in [0.4, 0.5) is 0 Å². The molecule has 0 saturated heterocycles. The van der Waals surface area contributed by atoms with E-state index in [0.29, 0.717) is 53.0 Å². The summed E-state index contributed by atoms with van der Waals surface area (Å²) >= 11 is 0. The standard InChI is InChI=1S/C21H21N5O2/c1-13-17(20(27)23-11-16-10-14-4-5-15(16)9-14)12-24-26(13)21-22-7-6-18(25-21)19-3-2-8-28-19/h2-8,12,14-16H,9-11H2,1H3,(H,23,27)/t14-,15+,16-/m0/s1. The first kappa shape index (κ1) is 16.9. The topological polar surface area (TPSA) is 85.8 Å². The van der Waals surface area contributed by atoms with Crippen LogP contribution >= 0.6 is 0 Å². The Labute approximate surface area is 162 Å². The summed E-state index contributed by atoms with van der Waals surface area (Å²) in [6.07, 6.45) is 11.9. The highest BCUT2D eigenvalue weighted by Gasteiger charge is 2.35. The molecule has 1 amide bonds. The van der Waals surface area contributed by atoms with E-state index >= 15 is 0 Å². The number of carbonyl (C=O) groups is 1. The van der Waals surface area contributed by atoms with Crippen LogP contribution in [0.25, 0.3) is 17.4 Å². The van der Waals surface area contributed by atoms with Gasteiger partial charge in [-0.25, -0.2) is 14.6 Å². The van der Waals surface area contributed by atoms with Gasteiger partial charge in [-0.15, -0.1) is 0 Å². The number of carbonyl (C=O) groups excluding carboxylic acids is 1. The molecule has 3 aromatic rings. The van der Waals surface area contributed by atoms with E-state index in [4.69, 9.17) is 4.42 Å². The van der Waals surface area contributed by atoms with Crippen molar-refractivity contribution in [2.75, 3.05) is 6.54 Å². The highest BCUT2D eigenvalue weighted by Crippen LogP contribution is 2.42. The fourth-order valence-corrected chi connectivity index (χ4v) is 4.29. The first-order chi connectivity index (χ1) is 13.7. The van der Waals surface area contributed by atoms with E-state index in [1.807, 2.05) is 19.1 Å². The van der Waals surface area contributed by atoms with Crippen molar-refractivity contribution in [3.63, 3.8) is 0 Å². The molecule has 3 atom stereocenters. The number of nitrogens with zero attached hydrogens (tertiary/aromatic N) is 4. The molecule has 0 aromatic carbocycles. The van der Waals surface area contributed by atoms with Gasteiger partial charge in [-0.3, -0.25) is 4.79 Å². The van der Waals surface area contributed by atoms with Crippen LogP contribution in [0.5, 0.6) is 0 Å². The van der Waals surface area contributed by atoms with Crippen LogP contribution in [0.3, 0.4) is 0 Å². The fraction of sp³-hybridized carbons (Fsp3) is 0.333. The maximum absolute atomic E-state index is 12.7. The molecule has 1 fully saturated rings. The molecule has 7 heteroatoms. The van der Waals surface area contributed by atoms with Crippen LogP contribution < -0.4 is 5.32 Å². The third-order valence-electron chi connectivity index (χ3n) is 5.80. The largest absolute Gasteiger partial charge is 0.463 e. The first-order valence-corrected chi connectivity index (χ1v) is 9.57. The quantitative estimate of drug-likeness (QED) is 0.692. The molecule has 7 nitrogen and oxygen atoms in total. The lowest BCUT2D eigenvalue weighted by Crippen LogP contribution is -2.31. The zero-order valence-corrected chi connectivity index (χ0v) is 15.6. The Morgan fingerprint density at radius 1 is 1.32 bits per heavy atom. The number of aromatic nitrogens is 4. The van der Waals surface area contributed by atoms with Gasteiger partial charge in [0.2, 0.25) is 0 Å². The van der Waals surface area contributed by atoms with Gasteiger partial charge in [0.25, 0.3) is 11.9 Å². The lowest BCUT2D eigenvalue weighted by atomic mass is 9.93. The van der Waals surface area contributed by atoms with Gasteiger partial charge in [-0.2, -0.15) is 5.10 Å². The van der Waals surface area contributed by atoms with Crippen molar-refractivity contribution in [2.24, 2.45) is 17.8 Å². The summed E-state index contributed by atoms with van der Waals surface area (Å²) in [5.74, 6) is 2.83. The zero-order valence-electron chi connectivity index (χ0n) is 15.6.